The number of rotatable bonds is 5. The molecule has 1 aliphatic rings. The molecule has 0 spiro atoms. The van der Waals surface area contributed by atoms with Crippen LogP contribution in [0.25, 0.3) is 0 Å². The monoisotopic (exact) mass is 264 g/mol. The highest BCUT2D eigenvalue weighted by atomic mass is 19.2. The molecule has 1 aliphatic carbocycles. The van der Waals surface area contributed by atoms with Gasteiger partial charge < -0.3 is 5.32 Å². The Morgan fingerprint density at radius 2 is 2.11 bits per heavy atom. The minimum Gasteiger partial charge on any atom is -0.308 e. The van der Waals surface area contributed by atoms with Gasteiger partial charge >= 0.3 is 0 Å². The molecular formula is C13H14F2N4. The van der Waals surface area contributed by atoms with Crippen LogP contribution in [-0.4, -0.2) is 21.0 Å². The Bertz CT molecular complexity index is 578. The van der Waals surface area contributed by atoms with Crippen LogP contribution in [0.1, 0.15) is 24.1 Å². The number of aromatic nitrogens is 3. The molecule has 1 N–H and O–H groups in total. The van der Waals surface area contributed by atoms with Crippen LogP contribution < -0.4 is 5.32 Å². The third kappa shape index (κ3) is 3.14. The first-order valence-electron chi connectivity index (χ1n) is 6.27. The SMILES string of the molecule is Fc1ccc(Cn2cc(CNC3CC3)nn2)cc1F. The molecule has 0 bridgehead atoms. The number of nitrogens with zero attached hydrogens (tertiary/aromatic N) is 3. The Kier molecular flexibility index (Phi) is 3.25. The van der Waals surface area contributed by atoms with Crippen molar-refractivity contribution in [3.8, 4) is 0 Å². The van der Waals surface area contributed by atoms with Gasteiger partial charge in [0.1, 0.15) is 0 Å². The van der Waals surface area contributed by atoms with Crippen LogP contribution in [0.3, 0.4) is 0 Å². The van der Waals surface area contributed by atoms with Crippen LogP contribution in [0.5, 0.6) is 0 Å². The molecule has 0 unspecified atom stereocenters. The second-order valence-corrected chi connectivity index (χ2v) is 4.81. The zero-order valence-corrected chi connectivity index (χ0v) is 10.3. The van der Waals surface area contributed by atoms with Crippen LogP contribution in [0, 0.1) is 11.6 Å². The molecule has 2 aromatic rings. The Morgan fingerprint density at radius 1 is 1.26 bits per heavy atom. The lowest BCUT2D eigenvalue weighted by molar-refractivity contribution is 0.505. The number of hydrogen-bond acceptors (Lipinski definition) is 3. The van der Waals surface area contributed by atoms with E-state index in [0.29, 0.717) is 24.7 Å². The van der Waals surface area contributed by atoms with Gasteiger partial charge in [0, 0.05) is 12.6 Å². The van der Waals surface area contributed by atoms with E-state index in [1.807, 2.05) is 6.20 Å². The second-order valence-electron chi connectivity index (χ2n) is 4.81. The standard InChI is InChI=1S/C13H14F2N4/c14-12-4-1-9(5-13(12)15)7-19-8-11(17-18-19)6-16-10-2-3-10/h1,4-5,8,10,16H,2-3,6-7H2. The summed E-state index contributed by atoms with van der Waals surface area (Å²) in [6.07, 6.45) is 4.27. The van der Waals surface area contributed by atoms with E-state index in [1.165, 1.54) is 18.9 Å². The van der Waals surface area contributed by atoms with Crippen LogP contribution in [-0.2, 0) is 13.1 Å². The maximum atomic E-state index is 13.1. The molecule has 4 nitrogen and oxygen atoms in total. The lowest BCUT2D eigenvalue weighted by Crippen LogP contribution is -2.15. The van der Waals surface area contributed by atoms with E-state index in [-0.39, 0.29) is 0 Å². The van der Waals surface area contributed by atoms with Crippen molar-refractivity contribution < 1.29 is 8.78 Å². The lowest BCUT2D eigenvalue weighted by atomic mass is 10.2. The van der Waals surface area contributed by atoms with Gasteiger partial charge in [-0.05, 0) is 30.5 Å². The zero-order chi connectivity index (χ0) is 13.2. The summed E-state index contributed by atoms with van der Waals surface area (Å²) in [5, 5.41) is 11.3. The average Bonchev–Trinajstić information content (AvgIpc) is 3.12. The fraction of sp³-hybridized carbons (Fsp3) is 0.385. The molecule has 1 aromatic heterocycles. The van der Waals surface area contributed by atoms with Gasteiger partial charge in [0.25, 0.3) is 0 Å². The first-order valence-corrected chi connectivity index (χ1v) is 6.27. The quantitative estimate of drug-likeness (QED) is 0.896. The van der Waals surface area contributed by atoms with Crippen molar-refractivity contribution in [1.82, 2.24) is 20.3 Å². The van der Waals surface area contributed by atoms with E-state index in [1.54, 1.807) is 10.7 Å². The molecule has 100 valence electrons. The molecule has 1 fully saturated rings. The fourth-order valence-corrected chi connectivity index (χ4v) is 1.86. The summed E-state index contributed by atoms with van der Waals surface area (Å²) < 4.78 is 27.5. The Balaban J connectivity index is 1.63. The van der Waals surface area contributed by atoms with Gasteiger partial charge in [-0.3, -0.25) is 0 Å². The van der Waals surface area contributed by atoms with Crippen molar-refractivity contribution in [3.05, 3.63) is 47.3 Å². The summed E-state index contributed by atoms with van der Waals surface area (Å²) >= 11 is 0. The summed E-state index contributed by atoms with van der Waals surface area (Å²) in [6.45, 7) is 1.08. The molecule has 0 amide bonds. The Labute approximate surface area is 109 Å². The number of benzene rings is 1. The van der Waals surface area contributed by atoms with Gasteiger partial charge in [-0.25, -0.2) is 13.5 Å². The van der Waals surface area contributed by atoms with Gasteiger partial charge in [0.15, 0.2) is 11.6 Å². The number of nitrogens with one attached hydrogen (secondary N) is 1. The van der Waals surface area contributed by atoms with E-state index in [9.17, 15) is 8.78 Å². The van der Waals surface area contributed by atoms with Gasteiger partial charge in [0.05, 0.1) is 18.4 Å². The fourth-order valence-electron chi connectivity index (χ4n) is 1.86. The largest absolute Gasteiger partial charge is 0.308 e. The maximum Gasteiger partial charge on any atom is 0.159 e. The van der Waals surface area contributed by atoms with Crippen LogP contribution >= 0.6 is 0 Å². The topological polar surface area (TPSA) is 42.7 Å². The number of halogens is 2. The van der Waals surface area contributed by atoms with E-state index < -0.39 is 11.6 Å². The van der Waals surface area contributed by atoms with Gasteiger partial charge in [0.2, 0.25) is 0 Å². The molecule has 0 saturated heterocycles. The molecule has 1 heterocycles. The van der Waals surface area contributed by atoms with Crippen LogP contribution in [0.15, 0.2) is 24.4 Å². The third-order valence-electron chi connectivity index (χ3n) is 3.06. The van der Waals surface area contributed by atoms with E-state index in [2.05, 4.69) is 15.6 Å². The van der Waals surface area contributed by atoms with Gasteiger partial charge in [-0.15, -0.1) is 5.10 Å². The van der Waals surface area contributed by atoms with E-state index in [0.717, 1.165) is 11.8 Å². The summed E-state index contributed by atoms with van der Waals surface area (Å²) in [5.74, 6) is -1.68. The molecule has 0 radical (unpaired) electrons. The normalized spacial score (nSPS) is 14.8. The molecule has 0 atom stereocenters. The lowest BCUT2D eigenvalue weighted by Gasteiger charge is -2.01. The predicted molar refractivity (Wildman–Crippen MR) is 65.3 cm³/mol. The average molecular weight is 264 g/mol. The van der Waals surface area contributed by atoms with Crippen molar-refractivity contribution in [2.45, 2.75) is 32.0 Å². The third-order valence-corrected chi connectivity index (χ3v) is 3.06. The van der Waals surface area contributed by atoms with Crippen molar-refractivity contribution >= 4 is 0 Å². The molecule has 6 heteroatoms. The predicted octanol–water partition coefficient (Wildman–Crippen LogP) is 1.86. The Morgan fingerprint density at radius 3 is 2.84 bits per heavy atom. The molecule has 0 aliphatic heterocycles. The summed E-state index contributed by atoms with van der Waals surface area (Å²) in [6, 6.07) is 4.47. The van der Waals surface area contributed by atoms with Gasteiger partial charge in [-0.2, -0.15) is 0 Å². The molecule has 1 aromatic carbocycles. The maximum absolute atomic E-state index is 13.1. The smallest absolute Gasteiger partial charge is 0.159 e. The highest BCUT2D eigenvalue weighted by Crippen LogP contribution is 2.19. The molecular weight excluding hydrogens is 250 g/mol. The summed E-state index contributed by atoms with van der Waals surface area (Å²) in [4.78, 5) is 0. The van der Waals surface area contributed by atoms with E-state index >= 15 is 0 Å². The van der Waals surface area contributed by atoms with Crippen LogP contribution in [0.4, 0.5) is 8.78 Å². The van der Waals surface area contributed by atoms with Gasteiger partial charge in [-0.1, -0.05) is 11.3 Å². The van der Waals surface area contributed by atoms with E-state index in [4.69, 9.17) is 0 Å². The van der Waals surface area contributed by atoms with Crippen LogP contribution in [0.2, 0.25) is 0 Å². The first kappa shape index (κ1) is 12.2. The molecule has 1 saturated carbocycles. The summed E-state index contributed by atoms with van der Waals surface area (Å²) in [5.41, 5.74) is 1.51. The van der Waals surface area contributed by atoms with Crippen molar-refractivity contribution in [3.63, 3.8) is 0 Å². The second kappa shape index (κ2) is 5.05. The van der Waals surface area contributed by atoms with Crippen molar-refractivity contribution in [2.75, 3.05) is 0 Å². The number of hydrogen-bond donors (Lipinski definition) is 1. The molecule has 19 heavy (non-hydrogen) atoms. The zero-order valence-electron chi connectivity index (χ0n) is 10.3. The highest BCUT2D eigenvalue weighted by molar-refractivity contribution is 5.18. The minimum atomic E-state index is -0.840. The van der Waals surface area contributed by atoms with Crippen molar-refractivity contribution in [1.29, 1.82) is 0 Å². The minimum absolute atomic E-state index is 0.383. The Hall–Kier alpha value is -1.82. The van der Waals surface area contributed by atoms with Crippen molar-refractivity contribution in [2.24, 2.45) is 0 Å². The molecule has 3 rings (SSSR count). The summed E-state index contributed by atoms with van der Waals surface area (Å²) in [7, 11) is 0. The first-order chi connectivity index (χ1) is 9.20. The highest BCUT2D eigenvalue weighted by Gasteiger charge is 2.20.